The third kappa shape index (κ3) is 5.85. The molecule has 198 valence electrons. The van der Waals surface area contributed by atoms with Crippen molar-refractivity contribution >= 4 is 35.2 Å². The smallest absolute Gasteiger partial charge is 0.247 e. The zero-order chi connectivity index (χ0) is 26.5. The lowest BCUT2D eigenvalue weighted by Gasteiger charge is -2.31. The number of ether oxygens (including phenoxy) is 2. The van der Waals surface area contributed by atoms with Crippen LogP contribution in [0, 0.1) is 0 Å². The minimum atomic E-state index is -0.625. The van der Waals surface area contributed by atoms with E-state index >= 15 is 0 Å². The molecule has 1 N–H and O–H groups in total. The molecular formula is C26H28ClN7O4. The van der Waals surface area contributed by atoms with Gasteiger partial charge in [-0.15, -0.1) is 5.10 Å². The highest BCUT2D eigenvalue weighted by Gasteiger charge is 2.41. The molecule has 0 bridgehead atoms. The third-order valence-corrected chi connectivity index (χ3v) is 7.01. The van der Waals surface area contributed by atoms with Gasteiger partial charge in [0.1, 0.15) is 18.1 Å². The second kappa shape index (κ2) is 11.7. The normalized spacial score (nSPS) is 20.1. The van der Waals surface area contributed by atoms with Crippen LogP contribution in [0.2, 0.25) is 5.02 Å². The number of likely N-dealkylation sites (tertiary alicyclic amines) is 1. The summed E-state index contributed by atoms with van der Waals surface area (Å²) in [5, 5.41) is 14.8. The molecule has 2 aliphatic rings. The number of anilines is 1. The Morgan fingerprint density at radius 1 is 1.16 bits per heavy atom. The maximum absolute atomic E-state index is 13.5. The summed E-state index contributed by atoms with van der Waals surface area (Å²) in [7, 11) is 1.59. The van der Waals surface area contributed by atoms with Gasteiger partial charge in [0.05, 0.1) is 26.0 Å². The number of halogens is 1. The Morgan fingerprint density at radius 3 is 2.66 bits per heavy atom. The Labute approximate surface area is 224 Å². The van der Waals surface area contributed by atoms with Crippen LogP contribution in [0.3, 0.4) is 0 Å². The highest BCUT2D eigenvalue weighted by Crippen LogP contribution is 2.26. The van der Waals surface area contributed by atoms with E-state index in [0.29, 0.717) is 53.9 Å². The molecule has 3 aromatic rings. The number of aromatic nitrogens is 4. The summed E-state index contributed by atoms with van der Waals surface area (Å²) in [5.41, 5.74) is 1.98. The van der Waals surface area contributed by atoms with Crippen molar-refractivity contribution in [2.75, 3.05) is 45.3 Å². The molecule has 2 amide bonds. The van der Waals surface area contributed by atoms with Crippen molar-refractivity contribution in [3.63, 3.8) is 0 Å². The molecule has 0 spiro atoms. The van der Waals surface area contributed by atoms with Crippen LogP contribution in [0.5, 0.6) is 5.75 Å². The summed E-state index contributed by atoms with van der Waals surface area (Å²) >= 11 is 6.22. The van der Waals surface area contributed by atoms with Gasteiger partial charge in [-0.2, -0.15) is 4.68 Å². The lowest BCUT2D eigenvalue weighted by atomic mass is 10.1. The summed E-state index contributed by atoms with van der Waals surface area (Å²) in [4.78, 5) is 30.8. The van der Waals surface area contributed by atoms with E-state index in [1.165, 1.54) is 17.1 Å². The van der Waals surface area contributed by atoms with Gasteiger partial charge in [0.25, 0.3) is 0 Å². The second-order valence-electron chi connectivity index (χ2n) is 9.05. The second-order valence-corrected chi connectivity index (χ2v) is 9.49. The minimum Gasteiger partial charge on any atom is -0.497 e. The first-order valence-corrected chi connectivity index (χ1v) is 12.7. The minimum absolute atomic E-state index is 0.0609. The first kappa shape index (κ1) is 25.8. The fraction of sp³-hybridized carbons (Fsp3) is 0.346. The fourth-order valence-electron chi connectivity index (χ4n) is 4.81. The van der Waals surface area contributed by atoms with Crippen molar-refractivity contribution in [1.29, 1.82) is 0 Å². The molecule has 2 saturated heterocycles. The first-order chi connectivity index (χ1) is 18.5. The Balaban J connectivity index is 1.37. The van der Waals surface area contributed by atoms with Crippen LogP contribution in [-0.2, 0) is 14.3 Å². The molecule has 3 heterocycles. The average molecular weight is 538 g/mol. The first-order valence-electron chi connectivity index (χ1n) is 12.3. The molecular weight excluding hydrogens is 510 g/mol. The largest absolute Gasteiger partial charge is 0.497 e. The molecule has 2 aliphatic heterocycles. The summed E-state index contributed by atoms with van der Waals surface area (Å²) in [6.45, 7) is 3.27. The van der Waals surface area contributed by atoms with Crippen molar-refractivity contribution in [2.45, 2.75) is 18.5 Å². The Bertz CT molecular complexity index is 1290. The number of amides is 2. The van der Waals surface area contributed by atoms with Crippen LogP contribution in [0.4, 0.5) is 5.69 Å². The molecule has 2 aromatic carbocycles. The SMILES string of the molecule is COc1ccc(NC(=O)C2CC(N3CCOCC3)CN2C(=O)/C=C/c2cc(Cl)ccc2-n2cnnn2)cc1. The molecule has 0 aliphatic carbocycles. The quantitative estimate of drug-likeness (QED) is 0.457. The van der Waals surface area contributed by atoms with Gasteiger partial charge in [0.2, 0.25) is 11.8 Å². The van der Waals surface area contributed by atoms with Crippen LogP contribution >= 0.6 is 11.6 Å². The molecule has 5 rings (SSSR count). The van der Waals surface area contributed by atoms with Gasteiger partial charge < -0.3 is 19.7 Å². The van der Waals surface area contributed by atoms with Crippen LogP contribution in [0.1, 0.15) is 12.0 Å². The lowest BCUT2D eigenvalue weighted by Crippen LogP contribution is -2.45. The number of rotatable bonds is 7. The van der Waals surface area contributed by atoms with E-state index < -0.39 is 6.04 Å². The van der Waals surface area contributed by atoms with E-state index in [1.54, 1.807) is 60.6 Å². The van der Waals surface area contributed by atoms with Gasteiger partial charge in [-0.25, -0.2) is 0 Å². The molecule has 2 fully saturated rings. The number of carbonyl (C=O) groups excluding carboxylic acids is 2. The Morgan fingerprint density at radius 2 is 1.95 bits per heavy atom. The molecule has 12 heteroatoms. The molecule has 0 radical (unpaired) electrons. The number of morpholine rings is 1. The summed E-state index contributed by atoms with van der Waals surface area (Å²) in [6, 6.07) is 11.8. The standard InChI is InChI=1S/C26H28ClN7O4/c1-37-22-6-4-20(5-7-22)29-26(36)24-15-21(32-10-12-38-13-11-32)16-33(24)25(35)9-2-18-14-19(27)3-8-23(18)34-17-28-30-31-34/h2-9,14,17,21,24H,10-13,15-16H2,1H3,(H,29,36)/b9-2+. The van der Waals surface area contributed by atoms with Crippen LogP contribution in [0.15, 0.2) is 54.9 Å². The third-order valence-electron chi connectivity index (χ3n) is 6.78. The topological polar surface area (TPSA) is 115 Å². The molecule has 0 saturated carbocycles. The van der Waals surface area contributed by atoms with E-state index in [9.17, 15) is 9.59 Å². The summed E-state index contributed by atoms with van der Waals surface area (Å²) in [5.74, 6) is 0.198. The number of tetrazole rings is 1. The van der Waals surface area contributed by atoms with Crippen molar-refractivity contribution < 1.29 is 19.1 Å². The number of nitrogens with zero attached hydrogens (tertiary/aromatic N) is 6. The van der Waals surface area contributed by atoms with Crippen molar-refractivity contribution in [3.05, 3.63) is 65.5 Å². The monoisotopic (exact) mass is 537 g/mol. The Kier molecular flexibility index (Phi) is 7.97. The zero-order valence-corrected chi connectivity index (χ0v) is 21.6. The molecule has 38 heavy (non-hydrogen) atoms. The van der Waals surface area contributed by atoms with Crippen LogP contribution in [0.25, 0.3) is 11.8 Å². The van der Waals surface area contributed by atoms with E-state index in [4.69, 9.17) is 21.1 Å². The maximum atomic E-state index is 13.5. The number of nitrogens with one attached hydrogen (secondary N) is 1. The number of methoxy groups -OCH3 is 1. The lowest BCUT2D eigenvalue weighted by molar-refractivity contribution is -0.132. The van der Waals surface area contributed by atoms with E-state index in [2.05, 4.69) is 25.7 Å². The Hall–Kier alpha value is -3.80. The highest BCUT2D eigenvalue weighted by atomic mass is 35.5. The van der Waals surface area contributed by atoms with E-state index in [1.807, 2.05) is 0 Å². The highest BCUT2D eigenvalue weighted by molar-refractivity contribution is 6.30. The van der Waals surface area contributed by atoms with E-state index in [0.717, 1.165) is 13.1 Å². The zero-order valence-electron chi connectivity index (χ0n) is 20.9. The van der Waals surface area contributed by atoms with Crippen LogP contribution < -0.4 is 10.1 Å². The van der Waals surface area contributed by atoms with Gasteiger partial charge in [0.15, 0.2) is 0 Å². The predicted octanol–water partition coefficient (Wildman–Crippen LogP) is 2.28. The summed E-state index contributed by atoms with van der Waals surface area (Å²) in [6.07, 6.45) is 5.14. The predicted molar refractivity (Wildman–Crippen MR) is 141 cm³/mol. The summed E-state index contributed by atoms with van der Waals surface area (Å²) < 4.78 is 12.2. The number of hydrogen-bond acceptors (Lipinski definition) is 8. The van der Waals surface area contributed by atoms with Gasteiger partial charge in [-0.3, -0.25) is 14.5 Å². The number of hydrogen-bond donors (Lipinski definition) is 1. The van der Waals surface area contributed by atoms with E-state index in [-0.39, 0.29) is 17.9 Å². The molecule has 2 atom stereocenters. The van der Waals surface area contributed by atoms with Gasteiger partial charge >= 0.3 is 0 Å². The molecule has 11 nitrogen and oxygen atoms in total. The van der Waals surface area contributed by atoms with Gasteiger partial charge in [-0.1, -0.05) is 11.6 Å². The van der Waals surface area contributed by atoms with Crippen molar-refractivity contribution in [2.24, 2.45) is 0 Å². The fourth-order valence-corrected chi connectivity index (χ4v) is 4.99. The number of benzene rings is 2. The van der Waals surface area contributed by atoms with Crippen LogP contribution in [-0.4, -0.2) is 93.9 Å². The van der Waals surface area contributed by atoms with Crippen molar-refractivity contribution in [3.8, 4) is 11.4 Å². The average Bonchev–Trinajstić information content (AvgIpc) is 3.64. The van der Waals surface area contributed by atoms with Gasteiger partial charge in [0, 0.05) is 48.0 Å². The molecule has 2 unspecified atom stereocenters. The van der Waals surface area contributed by atoms with Gasteiger partial charge in [-0.05, 0) is 65.4 Å². The van der Waals surface area contributed by atoms with Crippen molar-refractivity contribution in [1.82, 2.24) is 30.0 Å². The maximum Gasteiger partial charge on any atom is 0.247 e. The number of carbonyl (C=O) groups is 2. The molecule has 1 aromatic heterocycles.